The lowest BCUT2D eigenvalue weighted by atomic mass is 9.83. The van der Waals surface area contributed by atoms with Gasteiger partial charge in [0.15, 0.2) is 22.4 Å². The Bertz CT molecular complexity index is 1440. The summed E-state index contributed by atoms with van der Waals surface area (Å²) < 4.78 is 27.5. The minimum atomic E-state index is -1.50. The summed E-state index contributed by atoms with van der Waals surface area (Å²) in [4.78, 5) is 16.8. The van der Waals surface area contributed by atoms with Crippen LogP contribution in [0, 0.1) is 0 Å². The van der Waals surface area contributed by atoms with Gasteiger partial charge in [0.2, 0.25) is 12.2 Å². The van der Waals surface area contributed by atoms with E-state index in [1.54, 1.807) is 25.1 Å². The van der Waals surface area contributed by atoms with Crippen LogP contribution in [0.5, 0.6) is 17.2 Å². The van der Waals surface area contributed by atoms with E-state index < -0.39 is 67.1 Å². The number of amides is 1. The molecule has 3 aliphatic rings. The molecule has 1 amide bonds. The van der Waals surface area contributed by atoms with Gasteiger partial charge < -0.3 is 59.6 Å². The molecule has 3 fully saturated rings. The molecule has 15 heteroatoms. The van der Waals surface area contributed by atoms with Crippen molar-refractivity contribution < 1.29 is 59.1 Å². The number of aliphatic hydroxyl groups is 5. The fourth-order valence-corrected chi connectivity index (χ4v) is 5.54. The zero-order valence-corrected chi connectivity index (χ0v) is 25.0. The van der Waals surface area contributed by atoms with Crippen LogP contribution in [0.15, 0.2) is 53.8 Å². The molecule has 1 aromatic heterocycles. The molecule has 14 nitrogen and oxygen atoms in total. The summed E-state index contributed by atoms with van der Waals surface area (Å²) in [6, 6.07) is 6.37. The van der Waals surface area contributed by atoms with Crippen LogP contribution in [-0.2, 0) is 19.0 Å². The first-order chi connectivity index (χ1) is 21.5. The molecule has 5 rings (SSSR count). The number of hydrogen-bond donors (Lipinski definition) is 7. The summed E-state index contributed by atoms with van der Waals surface area (Å²) >= 11 is 5.99. The van der Waals surface area contributed by atoms with E-state index in [1.165, 1.54) is 37.4 Å². The first-order valence-corrected chi connectivity index (χ1v) is 14.5. The number of halogens is 1. The molecule has 1 aliphatic carbocycles. The van der Waals surface area contributed by atoms with Crippen LogP contribution in [-0.4, -0.2) is 116 Å². The zero-order chi connectivity index (χ0) is 32.4. The van der Waals surface area contributed by atoms with Crippen LogP contribution in [0.4, 0.5) is 0 Å². The predicted molar refractivity (Wildman–Crippen MR) is 156 cm³/mol. The Balaban J connectivity index is 1.18. The molecule has 0 bridgehead atoms. The smallest absolute Gasteiger partial charge is 0.247 e. The molecular weight excluding hydrogens is 616 g/mol. The Hall–Kier alpha value is -3.31. The minimum Gasteiger partial charge on any atom is -0.504 e. The molecule has 0 unspecified atom stereocenters. The predicted octanol–water partition coefficient (Wildman–Crippen LogP) is 0.0173. The third-order valence-electron chi connectivity index (χ3n) is 7.91. The SMILES string of the molecule is CC(=Cc1ccc(O[C@@H]2O[C@H](C(C)=CCOc3cccnc3Cl)[C@@H](O)[C@@H]2O)c(O)c1)C(=O)N[C@@H]1[C@H](O)[C@@H](O)[C@H]2OCO[C@H]2[C@@H]1O. The van der Waals surface area contributed by atoms with Gasteiger partial charge >= 0.3 is 0 Å². The molecule has 2 aromatic rings. The first-order valence-electron chi connectivity index (χ1n) is 14.1. The van der Waals surface area contributed by atoms with Crippen molar-refractivity contribution in [2.24, 2.45) is 0 Å². The molecule has 244 valence electrons. The monoisotopic (exact) mass is 650 g/mol. The van der Waals surface area contributed by atoms with E-state index in [0.717, 1.165) is 0 Å². The first kappa shape index (κ1) is 33.1. The molecule has 45 heavy (non-hydrogen) atoms. The second kappa shape index (κ2) is 14.0. The quantitative estimate of drug-likeness (QED) is 0.109. The van der Waals surface area contributed by atoms with Crippen molar-refractivity contribution in [1.29, 1.82) is 0 Å². The number of phenolic OH excluding ortho intramolecular Hbond substituents is 1. The number of fused-ring (bicyclic) bond motifs is 1. The molecule has 2 aliphatic heterocycles. The van der Waals surface area contributed by atoms with Gasteiger partial charge in [-0.05, 0) is 61.4 Å². The van der Waals surface area contributed by atoms with E-state index in [9.17, 15) is 35.4 Å². The van der Waals surface area contributed by atoms with Crippen molar-refractivity contribution in [3.8, 4) is 17.2 Å². The van der Waals surface area contributed by atoms with E-state index in [1.807, 2.05) is 0 Å². The van der Waals surface area contributed by atoms with Crippen molar-refractivity contribution in [3.63, 3.8) is 0 Å². The number of benzene rings is 1. The van der Waals surface area contributed by atoms with Crippen LogP contribution in [0.25, 0.3) is 6.08 Å². The van der Waals surface area contributed by atoms with Gasteiger partial charge in [-0.2, -0.15) is 0 Å². The number of carbonyl (C=O) groups excluding carboxylic acids is 1. The van der Waals surface area contributed by atoms with Crippen LogP contribution in [0.3, 0.4) is 0 Å². The number of nitrogens with zero attached hydrogens (tertiary/aromatic N) is 1. The van der Waals surface area contributed by atoms with Crippen molar-refractivity contribution >= 4 is 23.6 Å². The minimum absolute atomic E-state index is 0.0434. The van der Waals surface area contributed by atoms with E-state index in [4.69, 9.17) is 35.3 Å². The maximum absolute atomic E-state index is 12.9. The Kier molecular flexibility index (Phi) is 10.3. The number of aromatic hydroxyl groups is 1. The number of ether oxygens (including phenoxy) is 5. The zero-order valence-electron chi connectivity index (χ0n) is 24.3. The van der Waals surface area contributed by atoms with E-state index >= 15 is 0 Å². The average molecular weight is 651 g/mol. The van der Waals surface area contributed by atoms with Gasteiger partial charge in [0.05, 0.1) is 6.04 Å². The van der Waals surface area contributed by atoms with Crippen molar-refractivity contribution in [2.75, 3.05) is 13.4 Å². The molecule has 1 aromatic carbocycles. The van der Waals surface area contributed by atoms with E-state index in [2.05, 4.69) is 10.3 Å². The summed E-state index contributed by atoms with van der Waals surface area (Å²) in [5.41, 5.74) is 1.14. The maximum atomic E-state index is 12.9. The van der Waals surface area contributed by atoms with Crippen molar-refractivity contribution in [2.45, 2.75) is 75.0 Å². The number of carbonyl (C=O) groups is 1. The Morgan fingerprint density at radius 1 is 1.02 bits per heavy atom. The fourth-order valence-electron chi connectivity index (χ4n) is 5.36. The molecule has 3 heterocycles. The largest absolute Gasteiger partial charge is 0.504 e. The van der Waals surface area contributed by atoms with Gasteiger partial charge in [0.25, 0.3) is 0 Å². The summed E-state index contributed by atoms with van der Waals surface area (Å²) in [5, 5.41) is 65.8. The number of rotatable bonds is 9. The van der Waals surface area contributed by atoms with E-state index in [-0.39, 0.29) is 35.6 Å². The van der Waals surface area contributed by atoms with Crippen LogP contribution >= 0.6 is 11.6 Å². The Morgan fingerprint density at radius 3 is 2.47 bits per heavy atom. The summed E-state index contributed by atoms with van der Waals surface area (Å²) in [6.07, 6.45) is -6.34. The third kappa shape index (κ3) is 7.09. The standard InChI is InChI=1S/C30H35ClN2O12/c1-13(7-9-41-18-4-3-8-32-28(18)31)25-23(38)24(39)30(45-25)44-17-6-5-15(11-16(17)34)10-14(2)29(40)33-19-20(35)22(37)27-26(21(19)36)42-12-43-27/h3-8,10-11,19-27,30,34-39H,9,12H2,1-2H3,(H,33,40)/t19-,20+,21-,22-,23+,24+,25-,26+,27-,30-/m1/s1. The number of phenols is 1. The molecule has 7 N–H and O–H groups in total. The molecule has 1 saturated carbocycles. The lowest BCUT2D eigenvalue weighted by Gasteiger charge is -2.41. The summed E-state index contributed by atoms with van der Waals surface area (Å²) in [5.74, 6) is -0.623. The van der Waals surface area contributed by atoms with Gasteiger partial charge in [0.1, 0.15) is 62.2 Å². The maximum Gasteiger partial charge on any atom is 0.247 e. The number of nitrogens with one attached hydrogen (secondary N) is 1. The summed E-state index contributed by atoms with van der Waals surface area (Å²) in [7, 11) is 0. The van der Waals surface area contributed by atoms with Gasteiger partial charge in [-0.25, -0.2) is 4.98 Å². The highest BCUT2D eigenvalue weighted by atomic mass is 35.5. The topological polar surface area (TPSA) is 210 Å². The van der Waals surface area contributed by atoms with Gasteiger partial charge in [-0.1, -0.05) is 17.7 Å². The van der Waals surface area contributed by atoms with Crippen molar-refractivity contribution in [1.82, 2.24) is 10.3 Å². The second-order valence-corrected chi connectivity index (χ2v) is 11.3. The lowest BCUT2D eigenvalue weighted by Crippen LogP contribution is -2.67. The Morgan fingerprint density at radius 2 is 1.76 bits per heavy atom. The number of aliphatic hydroxyl groups excluding tert-OH is 5. The number of hydrogen-bond acceptors (Lipinski definition) is 13. The molecule has 0 spiro atoms. The highest BCUT2D eigenvalue weighted by molar-refractivity contribution is 6.30. The lowest BCUT2D eigenvalue weighted by molar-refractivity contribution is -0.155. The highest BCUT2D eigenvalue weighted by Gasteiger charge is 2.53. The van der Waals surface area contributed by atoms with Crippen molar-refractivity contribution in [3.05, 3.63) is 64.5 Å². The van der Waals surface area contributed by atoms with E-state index in [0.29, 0.717) is 16.9 Å². The second-order valence-electron chi connectivity index (χ2n) is 11.0. The highest BCUT2D eigenvalue weighted by Crippen LogP contribution is 2.34. The van der Waals surface area contributed by atoms with Crippen LogP contribution in [0.2, 0.25) is 5.15 Å². The fraction of sp³-hybridized carbons (Fsp3) is 0.467. The molecule has 2 saturated heterocycles. The molecule has 10 atom stereocenters. The van der Waals surface area contributed by atoms with Crippen LogP contribution < -0.4 is 14.8 Å². The number of pyridine rings is 1. The third-order valence-corrected chi connectivity index (χ3v) is 8.19. The molecule has 0 radical (unpaired) electrons. The molecular formula is C30H35ClN2O12. The summed E-state index contributed by atoms with van der Waals surface area (Å²) in [6.45, 7) is 3.14. The number of aromatic nitrogens is 1. The normalized spacial score (nSPS) is 33.5. The Labute approximate surface area is 263 Å². The van der Waals surface area contributed by atoms with Gasteiger partial charge in [-0.15, -0.1) is 0 Å². The average Bonchev–Trinajstić information content (AvgIpc) is 3.62. The van der Waals surface area contributed by atoms with Gasteiger partial charge in [-0.3, -0.25) is 4.79 Å². The van der Waals surface area contributed by atoms with Gasteiger partial charge in [0, 0.05) is 11.8 Å². The van der Waals surface area contributed by atoms with Crippen LogP contribution in [0.1, 0.15) is 19.4 Å².